The Morgan fingerprint density at radius 2 is 2.10 bits per heavy atom. The SMILES string of the molecule is COc1cc(Br)ccc1C(N)c1ccc2c(c1)CCCO2. The van der Waals surface area contributed by atoms with Crippen molar-refractivity contribution in [3.05, 3.63) is 57.6 Å². The zero-order valence-corrected chi connectivity index (χ0v) is 13.5. The molecule has 0 spiro atoms. The first-order chi connectivity index (χ1) is 10.2. The average molecular weight is 348 g/mol. The molecule has 2 N–H and O–H groups in total. The molecule has 0 aliphatic carbocycles. The number of rotatable bonds is 3. The molecule has 2 aromatic carbocycles. The maximum Gasteiger partial charge on any atom is 0.125 e. The summed E-state index contributed by atoms with van der Waals surface area (Å²) in [5, 5.41) is 0. The fourth-order valence-electron chi connectivity index (χ4n) is 2.70. The molecule has 3 nitrogen and oxygen atoms in total. The summed E-state index contributed by atoms with van der Waals surface area (Å²) in [6.45, 7) is 0.804. The van der Waals surface area contributed by atoms with Crippen LogP contribution in [0.3, 0.4) is 0 Å². The van der Waals surface area contributed by atoms with Crippen molar-refractivity contribution < 1.29 is 9.47 Å². The van der Waals surface area contributed by atoms with Crippen molar-refractivity contribution in [3.8, 4) is 11.5 Å². The van der Waals surface area contributed by atoms with Crippen molar-refractivity contribution in [2.24, 2.45) is 5.73 Å². The van der Waals surface area contributed by atoms with Crippen LogP contribution in [0.15, 0.2) is 40.9 Å². The molecule has 1 atom stereocenters. The Kier molecular flexibility index (Phi) is 4.17. The summed E-state index contributed by atoms with van der Waals surface area (Å²) in [5.41, 5.74) is 9.75. The standard InChI is InChI=1S/C17H18BrNO2/c1-20-16-10-13(18)5-6-14(16)17(19)12-4-7-15-11(9-12)3-2-8-21-15/h4-7,9-10,17H,2-3,8,19H2,1H3. The van der Waals surface area contributed by atoms with E-state index in [2.05, 4.69) is 22.0 Å². The predicted octanol–water partition coefficient (Wildman–Crippen LogP) is 3.83. The van der Waals surface area contributed by atoms with E-state index in [0.717, 1.165) is 46.5 Å². The summed E-state index contributed by atoms with van der Waals surface area (Å²) in [7, 11) is 1.67. The van der Waals surface area contributed by atoms with Crippen LogP contribution in [0.2, 0.25) is 0 Å². The Morgan fingerprint density at radius 3 is 2.90 bits per heavy atom. The normalized spacial score (nSPS) is 15.0. The van der Waals surface area contributed by atoms with Crippen LogP contribution in [0, 0.1) is 0 Å². The molecule has 0 saturated heterocycles. The Balaban J connectivity index is 1.96. The van der Waals surface area contributed by atoms with E-state index in [0.29, 0.717) is 0 Å². The van der Waals surface area contributed by atoms with E-state index >= 15 is 0 Å². The van der Waals surface area contributed by atoms with Gasteiger partial charge in [0.15, 0.2) is 0 Å². The van der Waals surface area contributed by atoms with Crippen molar-refractivity contribution in [1.29, 1.82) is 0 Å². The molecule has 0 radical (unpaired) electrons. The maximum atomic E-state index is 6.44. The van der Waals surface area contributed by atoms with Crippen LogP contribution in [0.1, 0.15) is 29.2 Å². The monoisotopic (exact) mass is 347 g/mol. The smallest absolute Gasteiger partial charge is 0.125 e. The van der Waals surface area contributed by atoms with Gasteiger partial charge < -0.3 is 15.2 Å². The summed E-state index contributed by atoms with van der Waals surface area (Å²) >= 11 is 3.45. The highest BCUT2D eigenvalue weighted by atomic mass is 79.9. The van der Waals surface area contributed by atoms with Crippen molar-refractivity contribution in [3.63, 3.8) is 0 Å². The van der Waals surface area contributed by atoms with E-state index in [1.807, 2.05) is 30.3 Å². The minimum atomic E-state index is -0.208. The van der Waals surface area contributed by atoms with Gasteiger partial charge in [0.1, 0.15) is 11.5 Å². The Morgan fingerprint density at radius 1 is 1.24 bits per heavy atom. The molecule has 0 aromatic heterocycles. The molecule has 21 heavy (non-hydrogen) atoms. The highest BCUT2D eigenvalue weighted by Crippen LogP contribution is 2.33. The summed E-state index contributed by atoms with van der Waals surface area (Å²) in [4.78, 5) is 0. The molecule has 1 heterocycles. The van der Waals surface area contributed by atoms with Gasteiger partial charge in [-0.1, -0.05) is 34.1 Å². The lowest BCUT2D eigenvalue weighted by Crippen LogP contribution is -2.15. The molecular formula is C17H18BrNO2. The average Bonchev–Trinajstić information content (AvgIpc) is 2.53. The van der Waals surface area contributed by atoms with Crippen LogP contribution in [-0.2, 0) is 6.42 Å². The second kappa shape index (κ2) is 6.08. The summed E-state index contributed by atoms with van der Waals surface area (Å²) in [6.07, 6.45) is 2.11. The van der Waals surface area contributed by atoms with Gasteiger partial charge in [0, 0.05) is 10.0 Å². The summed E-state index contributed by atoms with van der Waals surface area (Å²) in [5.74, 6) is 1.78. The number of benzene rings is 2. The van der Waals surface area contributed by atoms with Crippen LogP contribution in [0.5, 0.6) is 11.5 Å². The highest BCUT2D eigenvalue weighted by molar-refractivity contribution is 9.10. The molecule has 1 unspecified atom stereocenters. The van der Waals surface area contributed by atoms with E-state index in [1.165, 1.54) is 5.56 Å². The van der Waals surface area contributed by atoms with E-state index in [-0.39, 0.29) is 6.04 Å². The van der Waals surface area contributed by atoms with Crippen LogP contribution >= 0.6 is 15.9 Å². The van der Waals surface area contributed by atoms with Crippen LogP contribution in [0.4, 0.5) is 0 Å². The van der Waals surface area contributed by atoms with Gasteiger partial charge in [-0.15, -0.1) is 0 Å². The molecule has 0 bridgehead atoms. The van der Waals surface area contributed by atoms with Crippen molar-refractivity contribution in [2.45, 2.75) is 18.9 Å². The third kappa shape index (κ3) is 2.92. The summed E-state index contributed by atoms with van der Waals surface area (Å²) in [6, 6.07) is 11.9. The van der Waals surface area contributed by atoms with Gasteiger partial charge in [-0.2, -0.15) is 0 Å². The molecule has 4 heteroatoms. The minimum Gasteiger partial charge on any atom is -0.496 e. The number of hydrogen-bond acceptors (Lipinski definition) is 3. The van der Waals surface area contributed by atoms with Crippen molar-refractivity contribution >= 4 is 15.9 Å². The first kappa shape index (κ1) is 14.4. The van der Waals surface area contributed by atoms with E-state index in [4.69, 9.17) is 15.2 Å². The van der Waals surface area contributed by atoms with Gasteiger partial charge in [-0.25, -0.2) is 0 Å². The number of halogens is 1. The second-order valence-electron chi connectivity index (χ2n) is 5.18. The number of hydrogen-bond donors (Lipinski definition) is 1. The van der Waals surface area contributed by atoms with Crippen molar-refractivity contribution in [2.75, 3.05) is 13.7 Å². The van der Waals surface area contributed by atoms with E-state index in [9.17, 15) is 0 Å². The highest BCUT2D eigenvalue weighted by Gasteiger charge is 2.17. The van der Waals surface area contributed by atoms with Crippen LogP contribution in [-0.4, -0.2) is 13.7 Å². The van der Waals surface area contributed by atoms with Gasteiger partial charge in [0.05, 0.1) is 19.8 Å². The number of aryl methyl sites for hydroxylation is 1. The fourth-order valence-corrected chi connectivity index (χ4v) is 3.04. The molecule has 110 valence electrons. The van der Waals surface area contributed by atoms with E-state index in [1.54, 1.807) is 7.11 Å². The fraction of sp³-hybridized carbons (Fsp3) is 0.294. The molecule has 0 amide bonds. The third-order valence-electron chi connectivity index (χ3n) is 3.82. The molecule has 1 aliphatic heterocycles. The zero-order valence-electron chi connectivity index (χ0n) is 11.9. The molecule has 3 rings (SSSR count). The third-order valence-corrected chi connectivity index (χ3v) is 4.32. The Bertz CT molecular complexity index is 657. The molecular weight excluding hydrogens is 330 g/mol. The van der Waals surface area contributed by atoms with Gasteiger partial charge in [-0.05, 0) is 42.2 Å². The molecule has 2 aromatic rings. The maximum absolute atomic E-state index is 6.44. The van der Waals surface area contributed by atoms with Gasteiger partial charge in [-0.3, -0.25) is 0 Å². The van der Waals surface area contributed by atoms with Crippen molar-refractivity contribution in [1.82, 2.24) is 0 Å². The lowest BCUT2D eigenvalue weighted by molar-refractivity contribution is 0.288. The zero-order chi connectivity index (χ0) is 14.8. The van der Waals surface area contributed by atoms with Crippen LogP contribution in [0.25, 0.3) is 0 Å². The lowest BCUT2D eigenvalue weighted by atomic mass is 9.95. The topological polar surface area (TPSA) is 44.5 Å². The van der Waals surface area contributed by atoms with E-state index < -0.39 is 0 Å². The largest absolute Gasteiger partial charge is 0.496 e. The minimum absolute atomic E-state index is 0.208. The van der Waals surface area contributed by atoms with Gasteiger partial charge in [0.2, 0.25) is 0 Å². The predicted molar refractivity (Wildman–Crippen MR) is 87.0 cm³/mol. The van der Waals surface area contributed by atoms with Gasteiger partial charge >= 0.3 is 0 Å². The number of nitrogens with two attached hydrogens (primary N) is 1. The second-order valence-corrected chi connectivity index (χ2v) is 6.10. The number of ether oxygens (including phenoxy) is 2. The number of methoxy groups -OCH3 is 1. The summed E-state index contributed by atoms with van der Waals surface area (Å²) < 4.78 is 12.1. The Hall–Kier alpha value is -1.52. The first-order valence-electron chi connectivity index (χ1n) is 7.03. The Labute approximate surface area is 133 Å². The lowest BCUT2D eigenvalue weighted by Gasteiger charge is -2.21. The molecule has 0 fully saturated rings. The number of fused-ring (bicyclic) bond motifs is 1. The van der Waals surface area contributed by atoms with Gasteiger partial charge in [0.25, 0.3) is 0 Å². The first-order valence-corrected chi connectivity index (χ1v) is 7.83. The quantitative estimate of drug-likeness (QED) is 0.917. The van der Waals surface area contributed by atoms with Crippen LogP contribution < -0.4 is 15.2 Å². The molecule has 0 saturated carbocycles. The molecule has 1 aliphatic rings.